The van der Waals surface area contributed by atoms with E-state index in [1.807, 2.05) is 24.3 Å². The topological polar surface area (TPSA) is 58.4 Å². The lowest BCUT2D eigenvalue weighted by Crippen LogP contribution is -2.35. The molecule has 1 amide bonds. The number of hydrogen-bond acceptors (Lipinski definition) is 3. The van der Waals surface area contributed by atoms with Crippen LogP contribution in [-0.4, -0.2) is 34.9 Å². The number of carbonyl (C=O) groups excluding carboxylic acids is 1. The lowest BCUT2D eigenvalue weighted by atomic mass is 10.1. The van der Waals surface area contributed by atoms with Gasteiger partial charge in [0.05, 0.1) is 12.2 Å². The summed E-state index contributed by atoms with van der Waals surface area (Å²) in [4.78, 5) is 14.7. The molecule has 1 aromatic rings. The Kier molecular flexibility index (Phi) is 4.73. The van der Waals surface area contributed by atoms with Gasteiger partial charge < -0.3 is 11.1 Å². The maximum atomic E-state index is 12.2. The molecule has 0 spiro atoms. The fourth-order valence-electron chi connectivity index (χ4n) is 2.79. The molecular weight excluding hydrogens is 270 g/mol. The first kappa shape index (κ1) is 14.9. The average molecular weight is 291 g/mol. The Labute approximate surface area is 125 Å². The second-order valence-electron chi connectivity index (χ2n) is 5.58. The van der Waals surface area contributed by atoms with Gasteiger partial charge in [0.2, 0.25) is 5.91 Å². The van der Waals surface area contributed by atoms with E-state index in [2.05, 4.69) is 24.1 Å². The van der Waals surface area contributed by atoms with Gasteiger partial charge in [0.25, 0.3) is 0 Å². The van der Waals surface area contributed by atoms with Crippen molar-refractivity contribution in [3.63, 3.8) is 0 Å². The van der Waals surface area contributed by atoms with Gasteiger partial charge in [-0.2, -0.15) is 0 Å². The van der Waals surface area contributed by atoms with Crippen molar-refractivity contribution >= 4 is 28.8 Å². The fourth-order valence-corrected chi connectivity index (χ4v) is 2.97. The first-order chi connectivity index (χ1) is 9.47. The summed E-state index contributed by atoms with van der Waals surface area (Å²) in [5.74, 6) is 0.636. The Morgan fingerprint density at radius 1 is 1.45 bits per heavy atom. The minimum atomic E-state index is -0.0188. The predicted octanol–water partition coefficient (Wildman–Crippen LogP) is 1.99. The number of nitrogens with one attached hydrogen (secondary N) is 1. The third-order valence-electron chi connectivity index (χ3n) is 3.73. The van der Waals surface area contributed by atoms with Crippen LogP contribution in [0.1, 0.15) is 25.8 Å². The predicted molar refractivity (Wildman–Crippen MR) is 85.8 cm³/mol. The smallest absolute Gasteiger partial charge is 0.238 e. The SMILES string of the molecule is CC1CC(C)N(CC(=O)Nc2ccccc2C(N)=S)C1. The molecule has 0 radical (unpaired) electrons. The summed E-state index contributed by atoms with van der Waals surface area (Å²) in [5, 5.41) is 2.91. The zero-order valence-electron chi connectivity index (χ0n) is 11.9. The minimum Gasteiger partial charge on any atom is -0.389 e. The summed E-state index contributed by atoms with van der Waals surface area (Å²) in [6.07, 6.45) is 1.15. The number of nitrogens with zero attached hydrogens (tertiary/aromatic N) is 1. The van der Waals surface area contributed by atoms with E-state index in [-0.39, 0.29) is 5.91 Å². The molecule has 1 aromatic carbocycles. The highest BCUT2D eigenvalue weighted by atomic mass is 32.1. The molecule has 1 aliphatic rings. The van der Waals surface area contributed by atoms with E-state index in [9.17, 15) is 4.79 Å². The first-order valence-corrected chi connectivity index (χ1v) is 7.31. The van der Waals surface area contributed by atoms with Crippen molar-refractivity contribution in [1.82, 2.24) is 4.90 Å². The number of nitrogens with two attached hydrogens (primary N) is 1. The number of amides is 1. The van der Waals surface area contributed by atoms with Crippen LogP contribution in [0.15, 0.2) is 24.3 Å². The molecule has 0 aromatic heterocycles. The van der Waals surface area contributed by atoms with Crippen LogP contribution in [0, 0.1) is 5.92 Å². The van der Waals surface area contributed by atoms with E-state index in [0.29, 0.717) is 34.7 Å². The third kappa shape index (κ3) is 3.55. The van der Waals surface area contributed by atoms with E-state index < -0.39 is 0 Å². The van der Waals surface area contributed by atoms with Gasteiger partial charge in [0, 0.05) is 18.2 Å². The summed E-state index contributed by atoms with van der Waals surface area (Å²) in [6.45, 7) is 5.78. The highest BCUT2D eigenvalue weighted by molar-refractivity contribution is 7.80. The van der Waals surface area contributed by atoms with Crippen LogP contribution in [0.2, 0.25) is 0 Å². The van der Waals surface area contributed by atoms with Crippen molar-refractivity contribution < 1.29 is 4.79 Å². The Hall–Kier alpha value is -1.46. The van der Waals surface area contributed by atoms with Crippen LogP contribution in [0.3, 0.4) is 0 Å². The van der Waals surface area contributed by atoms with Gasteiger partial charge in [-0.3, -0.25) is 9.69 Å². The largest absolute Gasteiger partial charge is 0.389 e. The minimum absolute atomic E-state index is 0.0188. The molecule has 2 atom stereocenters. The van der Waals surface area contributed by atoms with Gasteiger partial charge in [-0.1, -0.05) is 31.3 Å². The molecule has 2 unspecified atom stereocenters. The normalized spacial score (nSPS) is 22.7. The fraction of sp³-hybridized carbons (Fsp3) is 0.467. The van der Waals surface area contributed by atoms with Crippen LogP contribution >= 0.6 is 12.2 Å². The molecule has 0 saturated carbocycles. The van der Waals surface area contributed by atoms with Gasteiger partial charge in [0.1, 0.15) is 4.99 Å². The number of carbonyl (C=O) groups is 1. The molecule has 1 saturated heterocycles. The molecule has 3 N–H and O–H groups in total. The summed E-state index contributed by atoms with van der Waals surface area (Å²) < 4.78 is 0. The van der Waals surface area contributed by atoms with E-state index in [1.54, 1.807) is 0 Å². The lowest BCUT2D eigenvalue weighted by molar-refractivity contribution is -0.117. The summed E-state index contributed by atoms with van der Waals surface area (Å²) in [7, 11) is 0. The van der Waals surface area contributed by atoms with Crippen LogP contribution in [0.4, 0.5) is 5.69 Å². The van der Waals surface area contributed by atoms with Gasteiger partial charge in [0.15, 0.2) is 0 Å². The second kappa shape index (κ2) is 6.33. The van der Waals surface area contributed by atoms with Crippen LogP contribution in [0.5, 0.6) is 0 Å². The summed E-state index contributed by atoms with van der Waals surface area (Å²) in [5.41, 5.74) is 7.06. The summed E-state index contributed by atoms with van der Waals surface area (Å²) in [6, 6.07) is 7.81. The standard InChI is InChI=1S/C15H21N3OS/c1-10-7-11(2)18(8-10)9-14(19)17-13-6-4-3-5-12(13)15(16)20/h3-6,10-11H,7-9H2,1-2H3,(H2,16,20)(H,17,19). The number of likely N-dealkylation sites (tertiary alicyclic amines) is 1. The molecule has 1 fully saturated rings. The van der Waals surface area contributed by atoms with Gasteiger partial charge in [-0.25, -0.2) is 0 Å². The molecule has 0 aliphatic carbocycles. The van der Waals surface area contributed by atoms with E-state index in [1.165, 1.54) is 0 Å². The highest BCUT2D eigenvalue weighted by Gasteiger charge is 2.27. The molecule has 4 nitrogen and oxygen atoms in total. The van der Waals surface area contributed by atoms with Crippen LogP contribution < -0.4 is 11.1 Å². The highest BCUT2D eigenvalue weighted by Crippen LogP contribution is 2.22. The Morgan fingerprint density at radius 2 is 2.15 bits per heavy atom. The number of benzene rings is 1. The molecule has 5 heteroatoms. The molecule has 1 heterocycles. The van der Waals surface area contributed by atoms with Crippen molar-refractivity contribution in [3.05, 3.63) is 29.8 Å². The quantitative estimate of drug-likeness (QED) is 0.833. The maximum absolute atomic E-state index is 12.2. The van der Waals surface area contributed by atoms with Crippen molar-refractivity contribution in [3.8, 4) is 0 Å². The Morgan fingerprint density at radius 3 is 2.75 bits per heavy atom. The van der Waals surface area contributed by atoms with E-state index in [4.69, 9.17) is 18.0 Å². The van der Waals surface area contributed by atoms with Gasteiger partial charge in [-0.05, 0) is 31.4 Å². The van der Waals surface area contributed by atoms with Crippen molar-refractivity contribution in [2.24, 2.45) is 11.7 Å². The second-order valence-corrected chi connectivity index (χ2v) is 6.02. The summed E-state index contributed by atoms with van der Waals surface area (Å²) >= 11 is 5.00. The monoisotopic (exact) mass is 291 g/mol. The van der Waals surface area contributed by atoms with E-state index in [0.717, 1.165) is 13.0 Å². The number of hydrogen-bond donors (Lipinski definition) is 2. The van der Waals surface area contributed by atoms with Gasteiger partial charge in [-0.15, -0.1) is 0 Å². The molecule has 2 rings (SSSR count). The van der Waals surface area contributed by atoms with Crippen molar-refractivity contribution in [1.29, 1.82) is 0 Å². The molecule has 1 aliphatic heterocycles. The first-order valence-electron chi connectivity index (χ1n) is 6.90. The molecule has 0 bridgehead atoms. The Bertz CT molecular complexity index is 518. The third-order valence-corrected chi connectivity index (χ3v) is 3.95. The molecule has 20 heavy (non-hydrogen) atoms. The molecule has 108 valence electrons. The van der Waals surface area contributed by atoms with E-state index >= 15 is 0 Å². The maximum Gasteiger partial charge on any atom is 0.238 e. The van der Waals surface area contributed by atoms with Crippen LogP contribution in [-0.2, 0) is 4.79 Å². The van der Waals surface area contributed by atoms with Crippen molar-refractivity contribution in [2.75, 3.05) is 18.4 Å². The Balaban J connectivity index is 2.00. The number of para-hydroxylation sites is 1. The number of anilines is 1. The van der Waals surface area contributed by atoms with Gasteiger partial charge >= 0.3 is 0 Å². The molecular formula is C15H21N3OS. The lowest BCUT2D eigenvalue weighted by Gasteiger charge is -2.20. The average Bonchev–Trinajstić information content (AvgIpc) is 2.68. The zero-order chi connectivity index (χ0) is 14.7. The van der Waals surface area contributed by atoms with Crippen LogP contribution in [0.25, 0.3) is 0 Å². The van der Waals surface area contributed by atoms with Crippen molar-refractivity contribution in [2.45, 2.75) is 26.3 Å². The number of thiocarbonyl (C=S) groups is 1. The zero-order valence-corrected chi connectivity index (χ0v) is 12.7. The number of rotatable bonds is 4.